The zero-order valence-electron chi connectivity index (χ0n) is 15.1. The number of aliphatic imine (C=N–C) groups is 1. The summed E-state index contributed by atoms with van der Waals surface area (Å²) in [5.41, 5.74) is 2.12. The topological polar surface area (TPSA) is 78.0 Å². The summed E-state index contributed by atoms with van der Waals surface area (Å²) in [4.78, 5) is 18.1. The maximum atomic E-state index is 4.61. The number of nitrogens with one attached hydrogen (secondary N) is 3. The minimum atomic E-state index is 0.486. The highest BCUT2D eigenvalue weighted by Crippen LogP contribution is 2.16. The summed E-state index contributed by atoms with van der Waals surface area (Å²) in [7, 11) is 0. The first-order valence-corrected chi connectivity index (χ1v) is 9.65. The zero-order valence-corrected chi connectivity index (χ0v) is 15.9. The highest BCUT2D eigenvalue weighted by molar-refractivity contribution is 7.11. The van der Waals surface area contributed by atoms with Gasteiger partial charge in [-0.3, -0.25) is 0 Å². The van der Waals surface area contributed by atoms with Crippen molar-refractivity contribution in [3.63, 3.8) is 0 Å². The molecule has 136 valence electrons. The second kappa shape index (κ2) is 9.15. The molecule has 0 aliphatic heterocycles. The van der Waals surface area contributed by atoms with Crippen molar-refractivity contribution < 1.29 is 0 Å². The molecular formula is C19H24N6S. The van der Waals surface area contributed by atoms with E-state index in [1.54, 1.807) is 11.3 Å². The van der Waals surface area contributed by atoms with Crippen molar-refractivity contribution in [3.05, 3.63) is 58.4 Å². The fourth-order valence-electron chi connectivity index (χ4n) is 2.46. The van der Waals surface area contributed by atoms with Gasteiger partial charge < -0.3 is 15.6 Å². The number of thiazole rings is 1. The highest BCUT2D eigenvalue weighted by Gasteiger charge is 2.05. The van der Waals surface area contributed by atoms with Crippen LogP contribution in [0.1, 0.15) is 29.6 Å². The van der Waals surface area contributed by atoms with Gasteiger partial charge in [0.2, 0.25) is 0 Å². The lowest BCUT2D eigenvalue weighted by molar-refractivity contribution is 0.804. The number of aromatic nitrogens is 3. The maximum absolute atomic E-state index is 4.61. The SMILES string of the molecule is CCNC(=NCc1ncc(-c2ccccc2)[nH]1)NCc1ncc(CC)s1. The lowest BCUT2D eigenvalue weighted by Gasteiger charge is -2.09. The van der Waals surface area contributed by atoms with Gasteiger partial charge in [-0.1, -0.05) is 37.3 Å². The number of hydrogen-bond donors (Lipinski definition) is 3. The third-order valence-electron chi connectivity index (χ3n) is 3.80. The Hall–Kier alpha value is -2.67. The van der Waals surface area contributed by atoms with Crippen molar-refractivity contribution in [2.75, 3.05) is 6.54 Å². The summed E-state index contributed by atoms with van der Waals surface area (Å²) in [6.07, 6.45) is 4.82. The van der Waals surface area contributed by atoms with Gasteiger partial charge in [-0.15, -0.1) is 11.3 Å². The Kier molecular flexibility index (Phi) is 6.38. The first-order chi connectivity index (χ1) is 12.8. The number of nitrogens with zero attached hydrogens (tertiary/aromatic N) is 3. The predicted molar refractivity (Wildman–Crippen MR) is 107 cm³/mol. The third-order valence-corrected chi connectivity index (χ3v) is 4.94. The van der Waals surface area contributed by atoms with Crippen LogP contribution in [0, 0.1) is 0 Å². The third kappa shape index (κ3) is 4.92. The van der Waals surface area contributed by atoms with Crippen LogP contribution in [0.3, 0.4) is 0 Å². The number of hydrogen-bond acceptors (Lipinski definition) is 4. The van der Waals surface area contributed by atoms with Crippen LogP contribution in [0.5, 0.6) is 0 Å². The van der Waals surface area contributed by atoms with Crippen LogP contribution < -0.4 is 10.6 Å². The van der Waals surface area contributed by atoms with E-state index in [1.807, 2.05) is 30.6 Å². The molecule has 2 aromatic heterocycles. The van der Waals surface area contributed by atoms with E-state index >= 15 is 0 Å². The predicted octanol–water partition coefficient (Wildman–Crippen LogP) is 3.35. The van der Waals surface area contributed by atoms with Crippen molar-refractivity contribution in [1.82, 2.24) is 25.6 Å². The van der Waals surface area contributed by atoms with Gasteiger partial charge in [0.15, 0.2) is 5.96 Å². The van der Waals surface area contributed by atoms with Gasteiger partial charge in [-0.05, 0) is 18.9 Å². The van der Waals surface area contributed by atoms with E-state index in [4.69, 9.17) is 0 Å². The molecule has 0 unspecified atom stereocenters. The molecule has 7 heteroatoms. The van der Waals surface area contributed by atoms with Crippen molar-refractivity contribution >= 4 is 17.3 Å². The molecule has 0 bridgehead atoms. The first kappa shape index (κ1) is 18.1. The minimum Gasteiger partial charge on any atom is -0.357 e. The lowest BCUT2D eigenvalue weighted by atomic mass is 10.2. The van der Waals surface area contributed by atoms with Crippen molar-refractivity contribution in [2.24, 2.45) is 4.99 Å². The van der Waals surface area contributed by atoms with Crippen molar-refractivity contribution in [3.8, 4) is 11.3 Å². The smallest absolute Gasteiger partial charge is 0.192 e. The van der Waals surface area contributed by atoms with Crippen LogP contribution in [0.2, 0.25) is 0 Å². The minimum absolute atomic E-state index is 0.486. The summed E-state index contributed by atoms with van der Waals surface area (Å²) in [5.74, 6) is 1.60. The van der Waals surface area contributed by atoms with Crippen LogP contribution in [-0.4, -0.2) is 27.5 Å². The Morgan fingerprint density at radius 1 is 1.12 bits per heavy atom. The van der Waals surface area contributed by atoms with Gasteiger partial charge in [0, 0.05) is 17.6 Å². The molecule has 0 saturated heterocycles. The molecule has 0 amide bonds. The van der Waals surface area contributed by atoms with Crippen LogP contribution in [0.15, 0.2) is 47.7 Å². The summed E-state index contributed by atoms with van der Waals surface area (Å²) < 4.78 is 0. The fourth-order valence-corrected chi connectivity index (χ4v) is 3.26. The number of rotatable bonds is 7. The summed E-state index contributed by atoms with van der Waals surface area (Å²) in [5, 5.41) is 7.65. The van der Waals surface area contributed by atoms with Gasteiger partial charge in [-0.25, -0.2) is 15.0 Å². The molecule has 0 fully saturated rings. The quantitative estimate of drug-likeness (QED) is 0.441. The Labute approximate surface area is 157 Å². The van der Waals surface area contributed by atoms with E-state index in [0.29, 0.717) is 13.1 Å². The summed E-state index contributed by atoms with van der Waals surface area (Å²) in [6, 6.07) is 10.2. The molecule has 1 aromatic carbocycles. The van der Waals surface area contributed by atoms with Gasteiger partial charge in [-0.2, -0.15) is 0 Å². The van der Waals surface area contributed by atoms with Gasteiger partial charge >= 0.3 is 0 Å². The monoisotopic (exact) mass is 368 g/mol. The van der Waals surface area contributed by atoms with Crippen LogP contribution in [0.25, 0.3) is 11.3 Å². The number of aromatic amines is 1. The average Bonchev–Trinajstić information content (AvgIpc) is 3.34. The van der Waals surface area contributed by atoms with Gasteiger partial charge in [0.1, 0.15) is 17.4 Å². The number of aryl methyl sites for hydroxylation is 1. The van der Waals surface area contributed by atoms with E-state index in [0.717, 1.165) is 41.0 Å². The zero-order chi connectivity index (χ0) is 18.2. The molecule has 3 N–H and O–H groups in total. The maximum Gasteiger partial charge on any atom is 0.192 e. The van der Waals surface area contributed by atoms with E-state index < -0.39 is 0 Å². The molecule has 0 atom stereocenters. The van der Waals surface area contributed by atoms with E-state index in [1.165, 1.54) is 4.88 Å². The van der Waals surface area contributed by atoms with Gasteiger partial charge in [0.05, 0.1) is 18.4 Å². The molecule has 0 radical (unpaired) electrons. The Bertz CT molecular complexity index is 837. The van der Waals surface area contributed by atoms with E-state index in [9.17, 15) is 0 Å². The Morgan fingerprint density at radius 3 is 2.69 bits per heavy atom. The number of H-pyrrole nitrogens is 1. The Balaban J connectivity index is 1.61. The van der Waals surface area contributed by atoms with Crippen LogP contribution in [0.4, 0.5) is 0 Å². The molecule has 0 spiro atoms. The van der Waals surface area contributed by atoms with Crippen molar-refractivity contribution in [2.45, 2.75) is 33.4 Å². The van der Waals surface area contributed by atoms with Crippen LogP contribution >= 0.6 is 11.3 Å². The molecule has 0 saturated carbocycles. The molecule has 3 aromatic rings. The molecule has 6 nitrogen and oxygen atoms in total. The molecule has 0 aliphatic rings. The molecule has 2 heterocycles. The summed E-state index contributed by atoms with van der Waals surface area (Å²) >= 11 is 1.73. The molecule has 0 aliphatic carbocycles. The standard InChI is InChI=1S/C19H24N6S/c1-3-15-10-22-18(26-15)13-24-19(20-4-2)23-12-17-21-11-16(25-17)14-8-6-5-7-9-14/h5-11H,3-4,12-13H2,1-2H3,(H,21,25)(H2,20,23,24). The number of guanidine groups is 1. The molecular weight excluding hydrogens is 344 g/mol. The van der Waals surface area contributed by atoms with Gasteiger partial charge in [0.25, 0.3) is 0 Å². The first-order valence-electron chi connectivity index (χ1n) is 8.83. The number of imidazole rings is 1. The largest absolute Gasteiger partial charge is 0.357 e. The second-order valence-corrected chi connectivity index (χ2v) is 6.93. The summed E-state index contributed by atoms with van der Waals surface area (Å²) in [6.45, 7) is 6.15. The van der Waals surface area contributed by atoms with Crippen LogP contribution in [-0.2, 0) is 19.5 Å². The normalized spacial score (nSPS) is 11.5. The second-order valence-electron chi connectivity index (χ2n) is 5.73. The molecule has 26 heavy (non-hydrogen) atoms. The lowest BCUT2D eigenvalue weighted by Crippen LogP contribution is -2.36. The molecule has 3 rings (SSSR count). The van der Waals surface area contributed by atoms with E-state index in [2.05, 4.69) is 56.6 Å². The van der Waals surface area contributed by atoms with E-state index in [-0.39, 0.29) is 0 Å². The number of benzene rings is 1. The highest BCUT2D eigenvalue weighted by atomic mass is 32.1. The fraction of sp³-hybridized carbons (Fsp3) is 0.316. The van der Waals surface area contributed by atoms with Crippen molar-refractivity contribution in [1.29, 1.82) is 0 Å². The average molecular weight is 369 g/mol. The Morgan fingerprint density at radius 2 is 1.96 bits per heavy atom.